The van der Waals surface area contributed by atoms with Crippen LogP contribution >= 0.6 is 11.6 Å². The van der Waals surface area contributed by atoms with Gasteiger partial charge in [0, 0.05) is 17.0 Å². The quantitative estimate of drug-likeness (QED) is 0.443. The van der Waals surface area contributed by atoms with Gasteiger partial charge in [0.05, 0.1) is 12.1 Å². The molecule has 3 rings (SSSR count). The molecule has 2 aromatic carbocycles. The van der Waals surface area contributed by atoms with Gasteiger partial charge in [0.25, 0.3) is 0 Å². The molecule has 0 spiro atoms. The van der Waals surface area contributed by atoms with Gasteiger partial charge in [-0.2, -0.15) is 0 Å². The Kier molecular flexibility index (Phi) is 7.28. The Bertz CT molecular complexity index is 852. The van der Waals surface area contributed by atoms with Crippen LogP contribution in [0.15, 0.2) is 48.8 Å². The first kappa shape index (κ1) is 19.4. The van der Waals surface area contributed by atoms with Gasteiger partial charge in [0.2, 0.25) is 0 Å². The molecule has 0 saturated heterocycles. The third kappa shape index (κ3) is 5.83. The molecule has 5 heteroatoms. The topological polar surface area (TPSA) is 47.0 Å². The number of anilines is 1. The zero-order valence-electron chi connectivity index (χ0n) is 15.7. The molecule has 0 fully saturated rings. The van der Waals surface area contributed by atoms with Crippen molar-refractivity contribution in [1.82, 2.24) is 9.97 Å². The third-order valence-electron chi connectivity index (χ3n) is 4.49. The van der Waals surface area contributed by atoms with Crippen molar-refractivity contribution in [2.75, 3.05) is 18.5 Å². The maximum absolute atomic E-state index is 6.10. The van der Waals surface area contributed by atoms with E-state index in [0.717, 1.165) is 48.5 Å². The largest absolute Gasteiger partial charge is 0.494 e. The van der Waals surface area contributed by atoms with Crippen molar-refractivity contribution in [3.05, 3.63) is 59.4 Å². The van der Waals surface area contributed by atoms with Gasteiger partial charge in [0.1, 0.15) is 17.9 Å². The van der Waals surface area contributed by atoms with Crippen molar-refractivity contribution in [3.63, 3.8) is 0 Å². The fraction of sp³-hybridized carbons (Fsp3) is 0.364. The normalized spacial score (nSPS) is 10.9. The number of rotatable bonds is 10. The summed E-state index contributed by atoms with van der Waals surface area (Å²) >= 11 is 6.10. The Morgan fingerprint density at radius 2 is 1.85 bits per heavy atom. The molecule has 142 valence electrons. The van der Waals surface area contributed by atoms with Crippen molar-refractivity contribution in [1.29, 1.82) is 0 Å². The van der Waals surface area contributed by atoms with Crippen molar-refractivity contribution in [2.45, 2.75) is 39.0 Å². The van der Waals surface area contributed by atoms with Crippen LogP contribution in [-0.4, -0.2) is 23.1 Å². The van der Waals surface area contributed by atoms with E-state index in [-0.39, 0.29) is 0 Å². The van der Waals surface area contributed by atoms with Crippen molar-refractivity contribution in [2.24, 2.45) is 0 Å². The minimum atomic E-state index is 0.686. The molecule has 0 aliphatic heterocycles. The Balaban J connectivity index is 1.49. The Morgan fingerprint density at radius 1 is 1.00 bits per heavy atom. The number of nitrogens with zero attached hydrogens (tertiary/aromatic N) is 2. The zero-order valence-corrected chi connectivity index (χ0v) is 16.5. The van der Waals surface area contributed by atoms with Crippen LogP contribution in [0.25, 0.3) is 10.9 Å². The summed E-state index contributed by atoms with van der Waals surface area (Å²) in [4.78, 5) is 8.62. The number of aromatic nitrogens is 2. The lowest BCUT2D eigenvalue weighted by molar-refractivity contribution is 0.305. The summed E-state index contributed by atoms with van der Waals surface area (Å²) in [7, 11) is 0. The van der Waals surface area contributed by atoms with E-state index in [1.54, 1.807) is 6.33 Å². The lowest BCUT2D eigenvalue weighted by Crippen LogP contribution is -2.07. The maximum atomic E-state index is 6.10. The van der Waals surface area contributed by atoms with Crippen LogP contribution in [0, 0.1) is 0 Å². The summed E-state index contributed by atoms with van der Waals surface area (Å²) < 4.78 is 5.80. The molecule has 1 heterocycles. The van der Waals surface area contributed by atoms with E-state index in [1.165, 1.54) is 24.8 Å². The van der Waals surface area contributed by atoms with E-state index in [0.29, 0.717) is 5.02 Å². The SMILES string of the molecule is CCCCCCOc1ccc(CCNc2ncnc3ccc(Cl)cc23)cc1. The van der Waals surface area contributed by atoms with Crippen molar-refractivity contribution < 1.29 is 4.74 Å². The van der Waals surface area contributed by atoms with Gasteiger partial charge < -0.3 is 10.1 Å². The minimum Gasteiger partial charge on any atom is -0.494 e. The summed E-state index contributed by atoms with van der Waals surface area (Å²) in [6.45, 7) is 3.80. The molecule has 4 nitrogen and oxygen atoms in total. The number of ether oxygens (including phenoxy) is 1. The van der Waals surface area contributed by atoms with Crippen LogP contribution in [0.4, 0.5) is 5.82 Å². The highest BCUT2D eigenvalue weighted by molar-refractivity contribution is 6.31. The molecule has 0 aliphatic carbocycles. The molecule has 1 N–H and O–H groups in total. The average Bonchev–Trinajstić information content (AvgIpc) is 2.69. The van der Waals surface area contributed by atoms with Gasteiger partial charge in [-0.1, -0.05) is 49.9 Å². The summed E-state index contributed by atoms with van der Waals surface area (Å²) in [6, 6.07) is 14.0. The van der Waals surface area contributed by atoms with Gasteiger partial charge in [-0.25, -0.2) is 9.97 Å². The fourth-order valence-corrected chi connectivity index (χ4v) is 3.14. The second-order valence-electron chi connectivity index (χ2n) is 6.61. The zero-order chi connectivity index (χ0) is 18.9. The maximum Gasteiger partial charge on any atom is 0.137 e. The van der Waals surface area contributed by atoms with Crippen LogP contribution in [0.1, 0.15) is 38.2 Å². The van der Waals surface area contributed by atoms with Crippen LogP contribution in [-0.2, 0) is 6.42 Å². The molecular formula is C22H26ClN3O. The van der Waals surface area contributed by atoms with Gasteiger partial charge in [-0.3, -0.25) is 0 Å². The smallest absolute Gasteiger partial charge is 0.137 e. The predicted molar refractivity (Wildman–Crippen MR) is 113 cm³/mol. The summed E-state index contributed by atoms with van der Waals surface area (Å²) in [5.41, 5.74) is 2.15. The summed E-state index contributed by atoms with van der Waals surface area (Å²) in [5.74, 6) is 1.76. The molecular weight excluding hydrogens is 358 g/mol. The average molecular weight is 384 g/mol. The van der Waals surface area contributed by atoms with Gasteiger partial charge in [0.15, 0.2) is 0 Å². The van der Waals surface area contributed by atoms with E-state index in [9.17, 15) is 0 Å². The highest BCUT2D eigenvalue weighted by Gasteiger charge is 2.04. The number of halogens is 1. The molecule has 0 aliphatic rings. The van der Waals surface area contributed by atoms with Crippen LogP contribution < -0.4 is 10.1 Å². The van der Waals surface area contributed by atoms with Crippen molar-refractivity contribution in [3.8, 4) is 5.75 Å². The molecule has 1 aromatic heterocycles. The van der Waals surface area contributed by atoms with Gasteiger partial charge >= 0.3 is 0 Å². The number of hydrogen-bond donors (Lipinski definition) is 1. The molecule has 0 bridgehead atoms. The fourth-order valence-electron chi connectivity index (χ4n) is 2.97. The van der Waals surface area contributed by atoms with E-state index < -0.39 is 0 Å². The molecule has 0 radical (unpaired) electrons. The van der Waals surface area contributed by atoms with Crippen LogP contribution in [0.3, 0.4) is 0 Å². The molecule has 3 aromatic rings. The third-order valence-corrected chi connectivity index (χ3v) is 4.73. The first-order valence-corrected chi connectivity index (χ1v) is 10.00. The standard InChI is InChI=1S/C22H26ClN3O/c1-2-3-4-5-14-27-19-9-6-17(7-10-19)12-13-24-22-20-15-18(23)8-11-21(20)25-16-26-22/h6-11,15-16H,2-5,12-14H2,1H3,(H,24,25,26). The second kappa shape index (κ2) is 10.1. The molecule has 27 heavy (non-hydrogen) atoms. The number of unbranched alkanes of at least 4 members (excludes halogenated alkanes) is 3. The molecule has 0 saturated carbocycles. The number of benzene rings is 2. The van der Waals surface area contributed by atoms with Crippen LogP contribution in [0.2, 0.25) is 5.02 Å². The summed E-state index contributed by atoms with van der Waals surface area (Å²) in [6.07, 6.45) is 7.37. The highest BCUT2D eigenvalue weighted by atomic mass is 35.5. The first-order chi connectivity index (χ1) is 13.3. The van der Waals surface area contributed by atoms with E-state index >= 15 is 0 Å². The molecule has 0 atom stereocenters. The second-order valence-corrected chi connectivity index (χ2v) is 7.05. The summed E-state index contributed by atoms with van der Waals surface area (Å²) in [5, 5.41) is 5.02. The highest BCUT2D eigenvalue weighted by Crippen LogP contribution is 2.23. The lowest BCUT2D eigenvalue weighted by Gasteiger charge is -2.10. The van der Waals surface area contributed by atoms with Crippen LogP contribution in [0.5, 0.6) is 5.75 Å². The van der Waals surface area contributed by atoms with Gasteiger partial charge in [-0.15, -0.1) is 0 Å². The Hall–Kier alpha value is -2.33. The van der Waals surface area contributed by atoms with E-state index in [4.69, 9.17) is 16.3 Å². The molecule has 0 amide bonds. The van der Waals surface area contributed by atoms with Gasteiger partial charge in [-0.05, 0) is 48.7 Å². The Morgan fingerprint density at radius 3 is 2.67 bits per heavy atom. The monoisotopic (exact) mass is 383 g/mol. The number of hydrogen-bond acceptors (Lipinski definition) is 4. The lowest BCUT2D eigenvalue weighted by atomic mass is 10.1. The van der Waals surface area contributed by atoms with E-state index in [2.05, 4.69) is 46.5 Å². The first-order valence-electron chi connectivity index (χ1n) is 9.62. The Labute approximate surface area is 165 Å². The number of fused-ring (bicyclic) bond motifs is 1. The number of nitrogens with one attached hydrogen (secondary N) is 1. The molecule has 0 unspecified atom stereocenters. The minimum absolute atomic E-state index is 0.686. The van der Waals surface area contributed by atoms with Crippen molar-refractivity contribution >= 4 is 28.3 Å². The van der Waals surface area contributed by atoms with E-state index in [1.807, 2.05) is 18.2 Å². The predicted octanol–water partition coefficient (Wildman–Crippen LogP) is 5.90.